The lowest BCUT2D eigenvalue weighted by Gasteiger charge is -2.21. The van der Waals surface area contributed by atoms with Gasteiger partial charge in [-0.3, -0.25) is 32.5 Å². The molecule has 716 valence electrons. The van der Waals surface area contributed by atoms with Crippen molar-refractivity contribution in [2.45, 2.75) is 437 Å². The first-order chi connectivity index (χ1) is 61.2. The molecule has 0 heterocycles. The van der Waals surface area contributed by atoms with Crippen LogP contribution in [0.2, 0.25) is 0 Å². The lowest BCUT2D eigenvalue weighted by Crippen LogP contribution is -2.30. The van der Waals surface area contributed by atoms with Crippen LogP contribution < -0.4 is 0 Å². The molecule has 0 aliphatic heterocycles. The first-order valence-corrected chi connectivity index (χ1v) is 53.1. The van der Waals surface area contributed by atoms with E-state index in [1.165, 1.54) is 180 Å². The summed E-state index contributed by atoms with van der Waals surface area (Å²) in [6, 6.07) is 0. The molecule has 0 aromatic heterocycles. The highest BCUT2D eigenvalue weighted by Crippen LogP contribution is 2.45. The van der Waals surface area contributed by atoms with Gasteiger partial charge in [0.15, 0.2) is 6.10 Å². The fraction of sp³-hybridized carbons (Fsp3) is 0.692. The van der Waals surface area contributed by atoms with Crippen molar-refractivity contribution in [3.8, 4) is 0 Å². The van der Waals surface area contributed by atoms with Crippen molar-refractivity contribution in [2.75, 3.05) is 39.6 Å². The Morgan fingerprint density at radius 2 is 0.400 bits per heavy atom. The number of phosphoric ester groups is 2. The van der Waals surface area contributed by atoms with Gasteiger partial charge < -0.3 is 34.2 Å². The predicted molar refractivity (Wildman–Crippen MR) is 528 cm³/mol. The summed E-state index contributed by atoms with van der Waals surface area (Å²) in [4.78, 5) is 59.2. The van der Waals surface area contributed by atoms with Gasteiger partial charge >= 0.3 is 33.6 Å². The molecule has 0 aliphatic carbocycles. The van der Waals surface area contributed by atoms with E-state index in [-0.39, 0.29) is 19.3 Å². The summed E-state index contributed by atoms with van der Waals surface area (Å²) in [7, 11) is -9.82. The molecule has 0 amide bonds. The van der Waals surface area contributed by atoms with Crippen molar-refractivity contribution in [1.82, 2.24) is 0 Å². The average molecular weight is 1790 g/mol. The van der Waals surface area contributed by atoms with Crippen molar-refractivity contribution in [1.29, 1.82) is 0 Å². The standard InChI is InChI=1S/C107H182O16P2/c1-4-7-10-13-16-19-22-25-28-31-34-37-40-43-46-47-48-49-50-51-52-53-56-58-60-63-66-69-72-75-78-81-84-87-90-93-105(110)117-96-102(108)97-119-124(113,114)120-98-103(109)99-121-125(115,116)122-101-104(123-107(112)95-92-89-86-83-80-77-74-71-68-65-62-59-55-45-42-39-36-33-30-27-24-21-18-15-12-9-6-3)100-118-106(111)94-91-88-85-82-79-76-73-70-67-64-61-57-54-44-41-38-35-32-29-26-23-20-17-14-11-8-5-2/h7-12,16-21,25-30,34-39,43-46,54-55,102-104,108-109H,4-6,13-15,22-24,31-33,40-42,47-53,56-101H2,1-3H3,(H,113,114)(H,115,116)/b10-7-,11-8-,12-9-,19-16-,20-17-,21-18-,28-25-,29-26-,30-27-,37-34-,38-35-,39-36-,46-43-,54-44-,55-45-. The van der Waals surface area contributed by atoms with E-state index in [9.17, 15) is 43.5 Å². The highest BCUT2D eigenvalue weighted by molar-refractivity contribution is 7.47. The molecule has 16 nitrogen and oxygen atoms in total. The van der Waals surface area contributed by atoms with Crippen LogP contribution in [0.1, 0.15) is 419 Å². The number of phosphoric acid groups is 2. The number of esters is 3. The van der Waals surface area contributed by atoms with Crippen molar-refractivity contribution in [3.05, 3.63) is 182 Å². The minimum absolute atomic E-state index is 0.0956. The molecule has 0 aromatic rings. The highest BCUT2D eigenvalue weighted by Gasteiger charge is 2.30. The molecule has 0 rings (SSSR count). The number of hydrogen-bond donors (Lipinski definition) is 4. The molecule has 5 unspecified atom stereocenters. The molecule has 5 atom stereocenters. The van der Waals surface area contributed by atoms with E-state index in [1.54, 1.807) is 0 Å². The van der Waals surface area contributed by atoms with Crippen LogP contribution in [0.25, 0.3) is 0 Å². The Balaban J connectivity index is 4.58. The van der Waals surface area contributed by atoms with Gasteiger partial charge in [0, 0.05) is 19.3 Å². The van der Waals surface area contributed by atoms with Crippen molar-refractivity contribution in [3.63, 3.8) is 0 Å². The van der Waals surface area contributed by atoms with E-state index in [0.29, 0.717) is 19.3 Å². The maximum absolute atomic E-state index is 13.1. The normalized spacial score (nSPS) is 14.5. The molecule has 0 bridgehead atoms. The molecule has 125 heavy (non-hydrogen) atoms. The van der Waals surface area contributed by atoms with Crippen LogP contribution in [0.5, 0.6) is 0 Å². The summed E-state index contributed by atoms with van der Waals surface area (Å²) < 4.78 is 61.7. The molecule has 0 aliphatic rings. The van der Waals surface area contributed by atoms with Crippen LogP contribution in [0.15, 0.2) is 182 Å². The largest absolute Gasteiger partial charge is 0.472 e. The van der Waals surface area contributed by atoms with E-state index in [1.807, 2.05) is 0 Å². The van der Waals surface area contributed by atoms with Crippen molar-refractivity contribution >= 4 is 33.6 Å². The van der Waals surface area contributed by atoms with E-state index >= 15 is 0 Å². The lowest BCUT2D eigenvalue weighted by atomic mass is 10.0. The number of carbonyl (C=O) groups excluding carboxylic acids is 3. The number of hydrogen-bond acceptors (Lipinski definition) is 14. The minimum Gasteiger partial charge on any atom is -0.463 e. The van der Waals surface area contributed by atoms with Crippen LogP contribution in [0.4, 0.5) is 0 Å². The third-order valence-corrected chi connectivity index (χ3v) is 23.0. The second-order valence-corrected chi connectivity index (χ2v) is 36.0. The van der Waals surface area contributed by atoms with Gasteiger partial charge in [0.05, 0.1) is 26.4 Å². The maximum Gasteiger partial charge on any atom is 0.472 e. The van der Waals surface area contributed by atoms with Gasteiger partial charge in [0.1, 0.15) is 25.4 Å². The third-order valence-electron chi connectivity index (χ3n) is 21.1. The third kappa shape index (κ3) is 99.1. The summed E-state index contributed by atoms with van der Waals surface area (Å²) in [6.45, 7) is 2.40. The molecular formula is C107H182O16P2. The average Bonchev–Trinajstić information content (AvgIpc) is 0.906. The Kier molecular flexibility index (Phi) is 93.5. The molecule has 0 aromatic carbocycles. The SMILES string of the molecule is CC/C=C\C/C=C\C/C=C\C/C=C\C/C=C\CCCCCCCCCCCCCCCCCCCCCC(=O)OCC(O)COP(=O)(O)OCC(O)COP(=O)(O)OCC(COC(=O)CCCCCCCCCCCCC/C=C\C/C=C\C/C=C\C/C=C\C/C=C\CC)OC(=O)CCCCCCCCCCCCC/C=C\C/C=C\C/C=C\C/C=C\C/C=C\CC. The Hall–Kier alpha value is -5.35. The maximum atomic E-state index is 13.1. The van der Waals surface area contributed by atoms with Gasteiger partial charge in [-0.15, -0.1) is 0 Å². The molecule has 0 saturated carbocycles. The number of aliphatic hydroxyl groups excluding tert-OH is 2. The monoisotopic (exact) mass is 1790 g/mol. The molecule has 0 spiro atoms. The van der Waals surface area contributed by atoms with E-state index < -0.39 is 91.5 Å². The Bertz CT molecular complexity index is 3000. The Morgan fingerprint density at radius 1 is 0.224 bits per heavy atom. The topological polar surface area (TPSA) is 231 Å². The van der Waals surface area contributed by atoms with Crippen LogP contribution in [-0.2, 0) is 55.8 Å². The van der Waals surface area contributed by atoms with Crippen LogP contribution in [0, 0.1) is 0 Å². The van der Waals surface area contributed by atoms with Gasteiger partial charge in [-0.1, -0.05) is 428 Å². The number of rotatable bonds is 94. The minimum atomic E-state index is -4.95. The summed E-state index contributed by atoms with van der Waals surface area (Å²) in [5.74, 6) is -1.57. The first kappa shape index (κ1) is 120. The smallest absolute Gasteiger partial charge is 0.463 e. The Morgan fingerprint density at radius 3 is 0.632 bits per heavy atom. The fourth-order valence-electron chi connectivity index (χ4n) is 13.7. The number of unbranched alkanes of at least 4 members (excludes halogenated alkanes) is 41. The number of allylic oxidation sites excluding steroid dienone is 30. The van der Waals surface area contributed by atoms with Gasteiger partial charge in [0.25, 0.3) is 0 Å². The summed E-state index contributed by atoms with van der Waals surface area (Å²) in [5.41, 5.74) is 0. The van der Waals surface area contributed by atoms with Gasteiger partial charge in [-0.05, 0) is 154 Å². The zero-order valence-electron chi connectivity index (χ0n) is 79.2. The summed E-state index contributed by atoms with van der Waals surface area (Å²) in [5, 5.41) is 20.8. The predicted octanol–water partition coefficient (Wildman–Crippen LogP) is 31.6. The van der Waals surface area contributed by atoms with Crippen LogP contribution in [0.3, 0.4) is 0 Å². The van der Waals surface area contributed by atoms with Gasteiger partial charge in [-0.25, -0.2) is 9.13 Å². The lowest BCUT2D eigenvalue weighted by molar-refractivity contribution is -0.161. The first-order valence-electron chi connectivity index (χ1n) is 50.1. The molecule has 0 fully saturated rings. The number of aliphatic hydroxyl groups is 2. The highest BCUT2D eigenvalue weighted by atomic mass is 31.2. The second-order valence-electron chi connectivity index (χ2n) is 33.1. The van der Waals surface area contributed by atoms with E-state index in [0.717, 1.165) is 180 Å². The summed E-state index contributed by atoms with van der Waals surface area (Å²) >= 11 is 0. The van der Waals surface area contributed by atoms with E-state index in [2.05, 4.69) is 203 Å². The second kappa shape index (κ2) is 97.7. The number of ether oxygens (including phenoxy) is 3. The quantitative estimate of drug-likeness (QED) is 0.0146. The van der Waals surface area contributed by atoms with Crippen molar-refractivity contribution < 1.29 is 75.8 Å². The van der Waals surface area contributed by atoms with Gasteiger partial charge in [0.2, 0.25) is 0 Å². The molecule has 4 N–H and O–H groups in total. The summed E-state index contributed by atoms with van der Waals surface area (Å²) in [6.07, 6.45) is 129. The fourth-order valence-corrected chi connectivity index (χ4v) is 15.2. The molecule has 0 saturated heterocycles. The molecule has 18 heteroatoms. The zero-order valence-corrected chi connectivity index (χ0v) is 81.0. The zero-order chi connectivity index (χ0) is 90.7. The number of carbonyl (C=O) groups is 3. The van der Waals surface area contributed by atoms with E-state index in [4.69, 9.17) is 32.3 Å². The molecular weight excluding hydrogens is 1600 g/mol. The van der Waals surface area contributed by atoms with Crippen molar-refractivity contribution in [2.24, 2.45) is 0 Å². The molecule has 0 radical (unpaired) electrons. The van der Waals surface area contributed by atoms with Crippen LogP contribution >= 0.6 is 15.6 Å². The Labute approximate surface area is 764 Å². The van der Waals surface area contributed by atoms with Crippen LogP contribution in [-0.4, -0.2) is 95.9 Å². The van der Waals surface area contributed by atoms with Gasteiger partial charge in [-0.2, -0.15) is 0 Å².